The summed E-state index contributed by atoms with van der Waals surface area (Å²) < 4.78 is 82.3. The van der Waals surface area contributed by atoms with E-state index in [1.54, 1.807) is 26.0 Å². The van der Waals surface area contributed by atoms with E-state index in [9.17, 15) is 35.9 Å². The number of aryl methyl sites for hydroxylation is 2. The summed E-state index contributed by atoms with van der Waals surface area (Å²) in [7, 11) is 1.25. The monoisotopic (exact) mass is 462 g/mol. The van der Waals surface area contributed by atoms with E-state index in [1.165, 1.54) is 7.05 Å². The topological polar surface area (TPSA) is 58.6 Å². The predicted octanol–water partition coefficient (Wildman–Crippen LogP) is 4.82. The number of hydrogen-bond donors (Lipinski definition) is 1. The summed E-state index contributed by atoms with van der Waals surface area (Å²) >= 11 is 0. The molecule has 0 heterocycles. The molecule has 0 saturated carbocycles. The number of anilines is 1. The van der Waals surface area contributed by atoms with Crippen molar-refractivity contribution in [3.8, 4) is 5.75 Å². The molecule has 32 heavy (non-hydrogen) atoms. The average molecular weight is 462 g/mol. The molecule has 0 saturated heterocycles. The molecule has 0 radical (unpaired) electrons. The highest BCUT2D eigenvalue weighted by Crippen LogP contribution is 2.38. The van der Waals surface area contributed by atoms with Crippen molar-refractivity contribution >= 4 is 17.5 Å². The van der Waals surface area contributed by atoms with E-state index in [2.05, 4.69) is 5.32 Å². The Balaban J connectivity index is 2.04. The second-order valence-electron chi connectivity index (χ2n) is 7.10. The van der Waals surface area contributed by atoms with Gasteiger partial charge in [0, 0.05) is 12.7 Å². The molecule has 0 atom stereocenters. The largest absolute Gasteiger partial charge is 0.484 e. The summed E-state index contributed by atoms with van der Waals surface area (Å²) in [6, 6.07) is 6.08. The van der Waals surface area contributed by atoms with E-state index < -0.39 is 54.2 Å². The van der Waals surface area contributed by atoms with Crippen LogP contribution in [-0.2, 0) is 21.9 Å². The molecule has 11 heteroatoms. The summed E-state index contributed by atoms with van der Waals surface area (Å²) in [6.45, 7) is 2.32. The minimum absolute atomic E-state index is 0.0430. The maximum absolute atomic E-state index is 12.9. The number of nitrogens with zero attached hydrogens (tertiary/aromatic N) is 1. The number of nitrogens with one attached hydrogen (secondary N) is 1. The third kappa shape index (κ3) is 6.63. The molecule has 2 rings (SSSR count). The van der Waals surface area contributed by atoms with Gasteiger partial charge in [-0.05, 0) is 43.2 Å². The van der Waals surface area contributed by atoms with Crippen LogP contribution in [0, 0.1) is 13.8 Å². The summed E-state index contributed by atoms with van der Waals surface area (Å²) in [5.41, 5.74) is -0.924. The van der Waals surface area contributed by atoms with E-state index in [0.29, 0.717) is 17.8 Å². The van der Waals surface area contributed by atoms with E-state index in [4.69, 9.17) is 4.74 Å². The molecule has 0 aliphatic carbocycles. The molecule has 174 valence electrons. The Morgan fingerprint density at radius 3 is 1.91 bits per heavy atom. The Morgan fingerprint density at radius 2 is 1.44 bits per heavy atom. The van der Waals surface area contributed by atoms with Gasteiger partial charge in [-0.3, -0.25) is 9.59 Å². The van der Waals surface area contributed by atoms with E-state index >= 15 is 0 Å². The summed E-state index contributed by atoms with van der Waals surface area (Å²) in [6.07, 6.45) is -10.1. The molecule has 0 spiro atoms. The van der Waals surface area contributed by atoms with E-state index in [0.717, 1.165) is 16.0 Å². The van der Waals surface area contributed by atoms with Gasteiger partial charge in [-0.15, -0.1) is 0 Å². The highest BCUT2D eigenvalue weighted by molar-refractivity contribution is 5.95. The van der Waals surface area contributed by atoms with Crippen molar-refractivity contribution in [1.29, 1.82) is 0 Å². The fourth-order valence-electron chi connectivity index (χ4n) is 2.76. The normalized spacial score (nSPS) is 11.8. The lowest BCUT2D eigenvalue weighted by Gasteiger charge is -2.19. The van der Waals surface area contributed by atoms with E-state index in [-0.39, 0.29) is 6.07 Å². The van der Waals surface area contributed by atoms with Crippen molar-refractivity contribution in [2.45, 2.75) is 26.2 Å². The Bertz CT molecular complexity index is 950. The van der Waals surface area contributed by atoms with Crippen LogP contribution in [0.5, 0.6) is 5.75 Å². The number of rotatable bonds is 6. The van der Waals surface area contributed by atoms with Crippen LogP contribution in [0.1, 0.15) is 22.3 Å². The molecule has 2 aromatic rings. The molecule has 0 aliphatic rings. The minimum Gasteiger partial charge on any atom is -0.484 e. The van der Waals surface area contributed by atoms with Gasteiger partial charge in [-0.25, -0.2) is 0 Å². The van der Waals surface area contributed by atoms with Gasteiger partial charge in [0.25, 0.3) is 5.91 Å². The molecule has 0 bridgehead atoms. The van der Waals surface area contributed by atoms with Gasteiger partial charge < -0.3 is 15.0 Å². The van der Waals surface area contributed by atoms with Crippen LogP contribution < -0.4 is 10.1 Å². The second-order valence-corrected chi connectivity index (χ2v) is 7.10. The quantitative estimate of drug-likeness (QED) is 0.627. The van der Waals surface area contributed by atoms with Crippen molar-refractivity contribution in [3.05, 3.63) is 58.7 Å². The van der Waals surface area contributed by atoms with Crippen LogP contribution in [0.2, 0.25) is 0 Å². The van der Waals surface area contributed by atoms with Gasteiger partial charge >= 0.3 is 12.4 Å². The first-order valence-corrected chi connectivity index (χ1v) is 9.21. The van der Waals surface area contributed by atoms with Crippen molar-refractivity contribution in [2.75, 3.05) is 25.5 Å². The fraction of sp³-hybridized carbons (Fsp3) is 0.333. The molecule has 2 aromatic carbocycles. The van der Waals surface area contributed by atoms with Gasteiger partial charge in [0.1, 0.15) is 5.75 Å². The smallest absolute Gasteiger partial charge is 0.416 e. The van der Waals surface area contributed by atoms with Gasteiger partial charge in [0.05, 0.1) is 17.7 Å². The Morgan fingerprint density at radius 1 is 0.938 bits per heavy atom. The maximum atomic E-state index is 12.9. The van der Waals surface area contributed by atoms with Gasteiger partial charge in [-0.2, -0.15) is 26.3 Å². The SMILES string of the molecule is Cc1cccc(C)c1NC(=O)CN(C)C(=O)COc1cc(C(F)(F)F)cc(C(F)(F)F)c1. The molecule has 5 nitrogen and oxygen atoms in total. The molecular weight excluding hydrogens is 442 g/mol. The van der Waals surface area contributed by atoms with Gasteiger partial charge in [0.15, 0.2) is 6.61 Å². The third-order valence-electron chi connectivity index (χ3n) is 4.48. The zero-order valence-electron chi connectivity index (χ0n) is 17.3. The van der Waals surface area contributed by atoms with Crippen LogP contribution in [0.3, 0.4) is 0 Å². The zero-order valence-corrected chi connectivity index (χ0v) is 17.3. The van der Waals surface area contributed by atoms with Crippen molar-refractivity contribution in [1.82, 2.24) is 4.90 Å². The molecule has 0 fully saturated rings. The van der Waals surface area contributed by atoms with Crippen molar-refractivity contribution in [2.24, 2.45) is 0 Å². The van der Waals surface area contributed by atoms with Gasteiger partial charge in [-0.1, -0.05) is 18.2 Å². The summed E-state index contributed by atoms with van der Waals surface area (Å²) in [5.74, 6) is -2.11. The van der Waals surface area contributed by atoms with Crippen molar-refractivity contribution in [3.63, 3.8) is 0 Å². The lowest BCUT2D eigenvalue weighted by Crippen LogP contribution is -2.37. The molecule has 0 aromatic heterocycles. The summed E-state index contributed by atoms with van der Waals surface area (Å²) in [4.78, 5) is 25.3. The number of para-hydroxylation sites is 1. The first-order valence-electron chi connectivity index (χ1n) is 9.21. The second kappa shape index (κ2) is 9.49. The number of carbonyl (C=O) groups is 2. The van der Waals surface area contributed by atoms with Gasteiger partial charge in [0.2, 0.25) is 5.91 Å². The number of likely N-dealkylation sites (N-methyl/N-ethyl adjacent to an activating group) is 1. The maximum Gasteiger partial charge on any atom is 0.416 e. The lowest BCUT2D eigenvalue weighted by atomic mass is 10.1. The van der Waals surface area contributed by atoms with E-state index in [1.807, 2.05) is 6.07 Å². The van der Waals surface area contributed by atoms with Crippen LogP contribution in [-0.4, -0.2) is 36.9 Å². The average Bonchev–Trinajstić information content (AvgIpc) is 2.67. The van der Waals surface area contributed by atoms with Crippen LogP contribution in [0.15, 0.2) is 36.4 Å². The first kappa shape index (κ1) is 25.0. The predicted molar refractivity (Wildman–Crippen MR) is 104 cm³/mol. The Hall–Kier alpha value is -3.24. The number of benzene rings is 2. The van der Waals surface area contributed by atoms with Crippen molar-refractivity contribution < 1.29 is 40.7 Å². The molecule has 0 aliphatic heterocycles. The number of halogens is 6. The minimum atomic E-state index is -5.04. The highest BCUT2D eigenvalue weighted by atomic mass is 19.4. The molecule has 0 unspecified atom stereocenters. The summed E-state index contributed by atoms with van der Waals surface area (Å²) in [5, 5.41) is 2.66. The Labute approximate surface area is 180 Å². The standard InChI is InChI=1S/C21H20F6N2O3/c1-12-5-4-6-13(2)19(12)28-17(30)10-29(3)18(31)11-32-16-8-14(20(22,23)24)7-15(9-16)21(25,26)27/h4-9H,10-11H2,1-3H3,(H,28,30). The number of amides is 2. The third-order valence-corrected chi connectivity index (χ3v) is 4.48. The highest BCUT2D eigenvalue weighted by Gasteiger charge is 2.37. The molecule has 2 amide bonds. The molecular formula is C21H20F6N2O3. The van der Waals surface area contributed by atoms with Crippen LogP contribution in [0.4, 0.5) is 32.0 Å². The molecule has 1 N–H and O–H groups in total. The number of hydrogen-bond acceptors (Lipinski definition) is 3. The number of carbonyl (C=O) groups excluding carboxylic acids is 2. The van der Waals surface area contributed by atoms with Crippen LogP contribution in [0.25, 0.3) is 0 Å². The first-order chi connectivity index (χ1) is 14.7. The Kier molecular flexibility index (Phi) is 7.42. The van der Waals surface area contributed by atoms with Crippen LogP contribution >= 0.6 is 0 Å². The zero-order chi connectivity index (χ0) is 24.3. The lowest BCUT2D eigenvalue weighted by molar-refractivity contribution is -0.143. The number of alkyl halides is 6. The fourth-order valence-corrected chi connectivity index (χ4v) is 2.76. The number of ether oxygens (including phenoxy) is 1.